The van der Waals surface area contributed by atoms with Gasteiger partial charge in [0.25, 0.3) is 0 Å². The number of nitrogens with one attached hydrogen (secondary N) is 2. The van der Waals surface area contributed by atoms with Crippen molar-refractivity contribution >= 4 is 11.8 Å². The van der Waals surface area contributed by atoms with E-state index in [0.717, 1.165) is 0 Å². The second kappa shape index (κ2) is 4.82. The Hall–Kier alpha value is -1.10. The van der Waals surface area contributed by atoms with E-state index in [0.29, 0.717) is 12.8 Å². The molecule has 0 aromatic heterocycles. The van der Waals surface area contributed by atoms with Gasteiger partial charge in [0.1, 0.15) is 0 Å². The summed E-state index contributed by atoms with van der Waals surface area (Å²) in [6.07, 6.45) is 0.937. The summed E-state index contributed by atoms with van der Waals surface area (Å²) < 4.78 is 0. The number of carbonyl (C=O) groups excluding carboxylic acids is 2. The molecule has 92 valence electrons. The largest absolute Gasteiger partial charge is 0.393 e. The van der Waals surface area contributed by atoms with E-state index in [1.165, 1.54) is 0 Å². The quantitative estimate of drug-likeness (QED) is 0.625. The average Bonchev–Trinajstić information content (AvgIpc) is 2.10. The molecule has 16 heavy (non-hydrogen) atoms. The van der Waals surface area contributed by atoms with Crippen molar-refractivity contribution in [3.05, 3.63) is 0 Å². The van der Waals surface area contributed by atoms with Crippen molar-refractivity contribution in [1.29, 1.82) is 0 Å². The number of rotatable bonds is 3. The highest BCUT2D eigenvalue weighted by atomic mass is 16.3. The Balaban J connectivity index is 2.18. The molecule has 0 heterocycles. The molecule has 0 aromatic rings. The van der Waals surface area contributed by atoms with Crippen LogP contribution in [0.2, 0.25) is 0 Å². The van der Waals surface area contributed by atoms with Crippen molar-refractivity contribution in [3.63, 3.8) is 0 Å². The van der Waals surface area contributed by atoms with E-state index < -0.39 is 5.41 Å². The first kappa shape index (κ1) is 13.0. The van der Waals surface area contributed by atoms with E-state index in [4.69, 9.17) is 5.11 Å². The van der Waals surface area contributed by atoms with E-state index in [-0.39, 0.29) is 30.5 Å². The van der Waals surface area contributed by atoms with Crippen molar-refractivity contribution < 1.29 is 14.7 Å². The minimum atomic E-state index is -0.479. The second-order valence-corrected chi connectivity index (χ2v) is 5.32. The van der Waals surface area contributed by atoms with Crippen LogP contribution in [0.4, 0.5) is 0 Å². The fraction of sp³-hybridized carbons (Fsp3) is 0.818. The maximum Gasteiger partial charge on any atom is 0.239 e. The summed E-state index contributed by atoms with van der Waals surface area (Å²) in [4.78, 5) is 22.8. The van der Waals surface area contributed by atoms with E-state index in [1.54, 1.807) is 20.8 Å². The lowest BCUT2D eigenvalue weighted by Crippen LogP contribution is -2.50. The predicted molar refractivity (Wildman–Crippen MR) is 59.6 cm³/mol. The number of amides is 2. The predicted octanol–water partition coefficient (Wildman–Crippen LogP) is -0.212. The molecule has 1 aliphatic rings. The summed E-state index contributed by atoms with van der Waals surface area (Å²) in [5.74, 6) is -0.342. The zero-order valence-corrected chi connectivity index (χ0v) is 10.0. The molecular weight excluding hydrogens is 208 g/mol. The molecule has 0 spiro atoms. The average molecular weight is 228 g/mol. The van der Waals surface area contributed by atoms with Gasteiger partial charge in [0.15, 0.2) is 0 Å². The van der Waals surface area contributed by atoms with Gasteiger partial charge in [0.2, 0.25) is 11.8 Å². The lowest BCUT2D eigenvalue weighted by molar-refractivity contribution is -0.131. The third-order valence-corrected chi connectivity index (χ3v) is 2.57. The Morgan fingerprint density at radius 1 is 1.31 bits per heavy atom. The van der Waals surface area contributed by atoms with Gasteiger partial charge in [0, 0.05) is 11.5 Å². The van der Waals surface area contributed by atoms with Gasteiger partial charge in [-0.2, -0.15) is 0 Å². The highest BCUT2D eigenvalue weighted by molar-refractivity contribution is 5.87. The van der Waals surface area contributed by atoms with Gasteiger partial charge in [-0.25, -0.2) is 0 Å². The molecular formula is C11H20N2O3. The molecule has 0 aliphatic heterocycles. The summed E-state index contributed by atoms with van der Waals surface area (Å²) in [5.41, 5.74) is -0.479. The summed E-state index contributed by atoms with van der Waals surface area (Å²) in [6, 6.07) is 0.0639. The first-order chi connectivity index (χ1) is 7.29. The van der Waals surface area contributed by atoms with Crippen LogP contribution >= 0.6 is 0 Å². The summed E-state index contributed by atoms with van der Waals surface area (Å²) >= 11 is 0. The van der Waals surface area contributed by atoms with Crippen LogP contribution in [0.15, 0.2) is 0 Å². The van der Waals surface area contributed by atoms with Crippen LogP contribution in [0.5, 0.6) is 0 Å². The zero-order valence-electron chi connectivity index (χ0n) is 10.0. The number of hydrogen-bond acceptors (Lipinski definition) is 3. The molecule has 0 unspecified atom stereocenters. The van der Waals surface area contributed by atoms with Gasteiger partial charge in [-0.15, -0.1) is 0 Å². The van der Waals surface area contributed by atoms with Gasteiger partial charge >= 0.3 is 0 Å². The molecule has 0 saturated heterocycles. The Morgan fingerprint density at radius 3 is 2.31 bits per heavy atom. The monoisotopic (exact) mass is 228 g/mol. The van der Waals surface area contributed by atoms with Gasteiger partial charge in [0.05, 0.1) is 12.6 Å². The SMILES string of the molecule is CC(C)(C)C(=O)NCC(=O)NC1CC(O)C1. The number of aliphatic hydroxyl groups is 1. The topological polar surface area (TPSA) is 78.4 Å². The molecule has 5 nitrogen and oxygen atoms in total. The van der Waals surface area contributed by atoms with Crippen LogP contribution in [0.3, 0.4) is 0 Å². The Kier molecular flexibility index (Phi) is 3.91. The zero-order chi connectivity index (χ0) is 12.3. The molecule has 1 aliphatic carbocycles. The van der Waals surface area contributed by atoms with Crippen LogP contribution in [-0.2, 0) is 9.59 Å². The fourth-order valence-electron chi connectivity index (χ4n) is 1.41. The summed E-state index contributed by atoms with van der Waals surface area (Å²) in [6.45, 7) is 5.39. The van der Waals surface area contributed by atoms with Crippen molar-refractivity contribution in [2.75, 3.05) is 6.54 Å². The molecule has 0 bridgehead atoms. The minimum absolute atomic E-state index is 0.00268. The third-order valence-electron chi connectivity index (χ3n) is 2.57. The standard InChI is InChI=1S/C11H20N2O3/c1-11(2,3)10(16)12-6-9(15)13-7-4-8(14)5-7/h7-8,14H,4-6H2,1-3H3,(H,12,16)(H,13,15). The minimum Gasteiger partial charge on any atom is -0.393 e. The lowest BCUT2D eigenvalue weighted by Gasteiger charge is -2.32. The smallest absolute Gasteiger partial charge is 0.239 e. The van der Waals surface area contributed by atoms with Crippen LogP contribution < -0.4 is 10.6 Å². The lowest BCUT2D eigenvalue weighted by atomic mass is 9.89. The maximum atomic E-state index is 11.5. The van der Waals surface area contributed by atoms with E-state index in [2.05, 4.69) is 10.6 Å². The Bertz CT molecular complexity index is 277. The van der Waals surface area contributed by atoms with Crippen molar-refractivity contribution in [2.45, 2.75) is 45.8 Å². The van der Waals surface area contributed by atoms with Crippen LogP contribution in [-0.4, -0.2) is 35.6 Å². The van der Waals surface area contributed by atoms with Gasteiger partial charge in [-0.05, 0) is 12.8 Å². The molecule has 1 rings (SSSR count). The Labute approximate surface area is 95.6 Å². The molecule has 0 atom stereocenters. The number of carbonyl (C=O) groups is 2. The number of hydrogen-bond donors (Lipinski definition) is 3. The van der Waals surface area contributed by atoms with E-state index >= 15 is 0 Å². The van der Waals surface area contributed by atoms with Gasteiger partial charge in [-0.3, -0.25) is 9.59 Å². The molecule has 1 saturated carbocycles. The normalized spacial score (nSPS) is 24.5. The van der Waals surface area contributed by atoms with Gasteiger partial charge < -0.3 is 15.7 Å². The Morgan fingerprint density at radius 2 is 1.88 bits per heavy atom. The molecule has 5 heteroatoms. The van der Waals surface area contributed by atoms with Crippen LogP contribution in [0.25, 0.3) is 0 Å². The second-order valence-electron chi connectivity index (χ2n) is 5.32. The third kappa shape index (κ3) is 3.81. The fourth-order valence-corrected chi connectivity index (χ4v) is 1.41. The molecule has 3 N–H and O–H groups in total. The molecule has 0 radical (unpaired) electrons. The summed E-state index contributed by atoms with van der Waals surface area (Å²) in [7, 11) is 0. The highest BCUT2D eigenvalue weighted by Crippen LogP contribution is 2.19. The summed E-state index contributed by atoms with van der Waals surface area (Å²) in [5, 5.41) is 14.3. The molecule has 2 amide bonds. The van der Waals surface area contributed by atoms with Crippen LogP contribution in [0, 0.1) is 5.41 Å². The van der Waals surface area contributed by atoms with E-state index in [9.17, 15) is 9.59 Å². The van der Waals surface area contributed by atoms with Crippen LogP contribution in [0.1, 0.15) is 33.6 Å². The molecule has 0 aromatic carbocycles. The molecule has 1 fully saturated rings. The number of aliphatic hydroxyl groups excluding tert-OH is 1. The van der Waals surface area contributed by atoms with E-state index in [1.807, 2.05) is 0 Å². The highest BCUT2D eigenvalue weighted by Gasteiger charge is 2.28. The maximum absolute atomic E-state index is 11.5. The van der Waals surface area contributed by atoms with Crippen molar-refractivity contribution in [2.24, 2.45) is 5.41 Å². The first-order valence-corrected chi connectivity index (χ1v) is 5.55. The van der Waals surface area contributed by atoms with Gasteiger partial charge in [-0.1, -0.05) is 20.8 Å². The van der Waals surface area contributed by atoms with Crippen molar-refractivity contribution in [1.82, 2.24) is 10.6 Å². The van der Waals surface area contributed by atoms with Crippen molar-refractivity contribution in [3.8, 4) is 0 Å². The first-order valence-electron chi connectivity index (χ1n) is 5.55.